The molecule has 0 unspecified atom stereocenters. The van der Waals surface area contributed by atoms with Gasteiger partial charge in [0.1, 0.15) is 28.7 Å². The average molecular weight is 347 g/mol. The molecule has 0 amide bonds. The van der Waals surface area contributed by atoms with Crippen molar-refractivity contribution in [2.75, 3.05) is 18.0 Å². The molecular formula is C14H14BN3O5S. The number of hydrogen-bond acceptors (Lipinski definition) is 8. The first-order valence-corrected chi connectivity index (χ1v) is 8.41. The van der Waals surface area contributed by atoms with Crippen molar-refractivity contribution in [3.63, 3.8) is 0 Å². The quantitative estimate of drug-likeness (QED) is 0.787. The lowest BCUT2D eigenvalue weighted by molar-refractivity contribution is 0.0684. The van der Waals surface area contributed by atoms with Gasteiger partial charge in [-0.1, -0.05) is 17.4 Å². The number of carboxylic acid groups (broad SMARTS) is 1. The van der Waals surface area contributed by atoms with Crippen LogP contribution < -0.4 is 14.3 Å². The highest BCUT2D eigenvalue weighted by atomic mass is 32.1. The molecule has 2 N–H and O–H groups in total. The molecule has 1 saturated heterocycles. The third-order valence-electron chi connectivity index (χ3n) is 4.09. The second kappa shape index (κ2) is 5.95. The number of carbonyl (C=O) groups is 1. The number of rotatable bonds is 4. The van der Waals surface area contributed by atoms with E-state index >= 15 is 0 Å². The van der Waals surface area contributed by atoms with E-state index in [9.17, 15) is 14.9 Å². The van der Waals surface area contributed by atoms with E-state index in [-0.39, 0.29) is 23.2 Å². The maximum atomic E-state index is 11.7. The Morgan fingerprint density at radius 2 is 2.29 bits per heavy atom. The van der Waals surface area contributed by atoms with Crippen LogP contribution in [0.1, 0.15) is 15.9 Å². The minimum absolute atomic E-state index is 0.0272. The van der Waals surface area contributed by atoms with E-state index in [2.05, 4.69) is 10.2 Å². The summed E-state index contributed by atoms with van der Waals surface area (Å²) < 4.78 is 11.2. The lowest BCUT2D eigenvalue weighted by Crippen LogP contribution is -2.54. The van der Waals surface area contributed by atoms with E-state index < -0.39 is 13.1 Å². The first kappa shape index (κ1) is 15.2. The summed E-state index contributed by atoms with van der Waals surface area (Å²) in [6.07, 6.45) is 0.898. The van der Waals surface area contributed by atoms with Crippen molar-refractivity contribution in [1.82, 2.24) is 10.2 Å². The standard InChI is InChI=1S/C14H14BN3O5S/c19-13(20)11-10(2-1-8-3-4-15(21)23-12(8)11)22-9-5-18(6-9)14-17-16-7-24-14/h1-2,7,9,21H,3-6H2,(H,19,20). The fraction of sp³-hybridized carbons (Fsp3) is 0.357. The van der Waals surface area contributed by atoms with Crippen molar-refractivity contribution >= 4 is 29.6 Å². The van der Waals surface area contributed by atoms with Crippen LogP contribution in [0.3, 0.4) is 0 Å². The Bertz CT molecular complexity index is 766. The molecule has 0 radical (unpaired) electrons. The zero-order valence-corrected chi connectivity index (χ0v) is 13.4. The van der Waals surface area contributed by atoms with E-state index in [4.69, 9.17) is 9.39 Å². The second-order valence-corrected chi connectivity index (χ2v) is 6.52. The zero-order valence-electron chi connectivity index (χ0n) is 12.6. The van der Waals surface area contributed by atoms with Gasteiger partial charge in [-0.25, -0.2) is 4.79 Å². The molecule has 4 rings (SSSR count). The molecule has 2 aromatic rings. The Morgan fingerprint density at radius 3 is 3.00 bits per heavy atom. The number of benzene rings is 1. The van der Waals surface area contributed by atoms with Gasteiger partial charge >= 0.3 is 13.1 Å². The van der Waals surface area contributed by atoms with Gasteiger partial charge in [0.05, 0.1) is 13.1 Å². The van der Waals surface area contributed by atoms with Crippen molar-refractivity contribution < 1.29 is 24.3 Å². The Balaban J connectivity index is 1.53. The maximum Gasteiger partial charge on any atom is 0.522 e. The summed E-state index contributed by atoms with van der Waals surface area (Å²) in [6.45, 7) is 1.24. The van der Waals surface area contributed by atoms with E-state index in [1.54, 1.807) is 17.6 Å². The molecule has 0 bridgehead atoms. The Hall–Kier alpha value is -2.33. The smallest absolute Gasteiger partial charge is 0.522 e. The summed E-state index contributed by atoms with van der Waals surface area (Å²) in [4.78, 5) is 13.7. The molecule has 2 aliphatic heterocycles. The van der Waals surface area contributed by atoms with Gasteiger partial charge in [0.15, 0.2) is 0 Å². The van der Waals surface area contributed by atoms with Crippen molar-refractivity contribution in [3.8, 4) is 11.5 Å². The summed E-state index contributed by atoms with van der Waals surface area (Å²) in [5, 5.41) is 27.8. The van der Waals surface area contributed by atoms with Gasteiger partial charge in [0, 0.05) is 0 Å². The van der Waals surface area contributed by atoms with Crippen molar-refractivity contribution in [1.29, 1.82) is 0 Å². The van der Waals surface area contributed by atoms with E-state index in [1.165, 1.54) is 11.3 Å². The monoisotopic (exact) mass is 347 g/mol. The van der Waals surface area contributed by atoms with E-state index in [0.29, 0.717) is 25.8 Å². The fourth-order valence-electron chi connectivity index (χ4n) is 2.87. The third-order valence-corrected chi connectivity index (χ3v) is 4.84. The molecule has 1 aromatic carbocycles. The van der Waals surface area contributed by atoms with Crippen LogP contribution in [0.2, 0.25) is 6.32 Å². The van der Waals surface area contributed by atoms with Gasteiger partial charge in [-0.3, -0.25) is 0 Å². The van der Waals surface area contributed by atoms with Crippen LogP contribution in [-0.4, -0.2) is 52.6 Å². The van der Waals surface area contributed by atoms with Gasteiger partial charge < -0.3 is 24.4 Å². The molecule has 0 atom stereocenters. The highest BCUT2D eigenvalue weighted by Crippen LogP contribution is 2.37. The van der Waals surface area contributed by atoms with Crippen molar-refractivity contribution in [2.45, 2.75) is 18.8 Å². The third kappa shape index (κ3) is 2.67. The molecule has 10 heteroatoms. The fourth-order valence-corrected chi connectivity index (χ4v) is 3.45. The SMILES string of the molecule is O=C(O)c1c(OC2CN(c3nncs3)C2)ccc2c1OB(O)CC2. The molecular weight excluding hydrogens is 333 g/mol. The summed E-state index contributed by atoms with van der Waals surface area (Å²) in [7, 11) is -0.984. The average Bonchev–Trinajstić information content (AvgIpc) is 3.03. The first-order valence-electron chi connectivity index (χ1n) is 7.53. The molecule has 124 valence electrons. The minimum atomic E-state index is -1.13. The summed E-state index contributed by atoms with van der Waals surface area (Å²) in [6, 6.07) is 3.46. The number of ether oxygens (including phenoxy) is 1. The number of carboxylic acids is 1. The largest absolute Gasteiger partial charge is 0.535 e. The van der Waals surface area contributed by atoms with Crippen LogP contribution in [0.15, 0.2) is 17.6 Å². The van der Waals surface area contributed by atoms with Crippen LogP contribution in [0.5, 0.6) is 11.5 Å². The predicted molar refractivity (Wildman–Crippen MR) is 87.1 cm³/mol. The Kier molecular flexibility index (Phi) is 3.77. The Labute approximate surface area is 141 Å². The minimum Gasteiger partial charge on any atom is -0.535 e. The molecule has 2 aliphatic rings. The highest BCUT2D eigenvalue weighted by molar-refractivity contribution is 7.13. The number of aromatic nitrogens is 2. The summed E-state index contributed by atoms with van der Waals surface area (Å²) >= 11 is 1.45. The lowest BCUT2D eigenvalue weighted by atomic mass is 9.78. The van der Waals surface area contributed by atoms with Crippen molar-refractivity contribution in [2.24, 2.45) is 0 Å². The van der Waals surface area contributed by atoms with Crippen LogP contribution in [0.4, 0.5) is 5.13 Å². The predicted octanol–water partition coefficient (Wildman–Crippen LogP) is 0.919. The molecule has 24 heavy (non-hydrogen) atoms. The van der Waals surface area contributed by atoms with Gasteiger partial charge in [-0.05, 0) is 24.4 Å². The number of hydrogen-bond donors (Lipinski definition) is 2. The second-order valence-electron chi connectivity index (χ2n) is 5.71. The normalized spacial score (nSPS) is 17.0. The van der Waals surface area contributed by atoms with Gasteiger partial charge in [0.2, 0.25) is 5.13 Å². The maximum absolute atomic E-state index is 11.7. The van der Waals surface area contributed by atoms with E-state index in [1.807, 2.05) is 4.90 Å². The molecule has 0 spiro atoms. The van der Waals surface area contributed by atoms with Crippen LogP contribution in [0.25, 0.3) is 0 Å². The number of anilines is 1. The van der Waals surface area contributed by atoms with Gasteiger partial charge in [-0.2, -0.15) is 0 Å². The number of fused-ring (bicyclic) bond motifs is 1. The molecule has 3 heterocycles. The molecule has 0 aliphatic carbocycles. The topological polar surface area (TPSA) is 105 Å². The van der Waals surface area contributed by atoms with Crippen LogP contribution >= 0.6 is 11.3 Å². The number of aryl methyl sites for hydroxylation is 1. The van der Waals surface area contributed by atoms with Crippen LogP contribution in [-0.2, 0) is 6.42 Å². The number of aromatic carboxylic acids is 1. The molecule has 8 nitrogen and oxygen atoms in total. The molecule has 1 aromatic heterocycles. The molecule has 1 fully saturated rings. The van der Waals surface area contributed by atoms with Crippen molar-refractivity contribution in [3.05, 3.63) is 28.8 Å². The molecule has 0 saturated carbocycles. The van der Waals surface area contributed by atoms with Crippen LogP contribution in [0, 0.1) is 0 Å². The zero-order chi connectivity index (χ0) is 16.7. The van der Waals surface area contributed by atoms with Gasteiger partial charge in [0.25, 0.3) is 0 Å². The van der Waals surface area contributed by atoms with E-state index in [0.717, 1.165) is 10.7 Å². The van der Waals surface area contributed by atoms with Gasteiger partial charge in [-0.15, -0.1) is 10.2 Å². The lowest BCUT2D eigenvalue weighted by Gasteiger charge is -2.38. The summed E-state index contributed by atoms with van der Waals surface area (Å²) in [5.74, 6) is -0.660. The highest BCUT2D eigenvalue weighted by Gasteiger charge is 2.34. The number of nitrogens with zero attached hydrogens (tertiary/aromatic N) is 3. The first-order chi connectivity index (χ1) is 11.6. The summed E-state index contributed by atoms with van der Waals surface area (Å²) in [5.41, 5.74) is 2.41. The Morgan fingerprint density at radius 1 is 1.46 bits per heavy atom.